The lowest BCUT2D eigenvalue weighted by molar-refractivity contribution is -0.140. The molecule has 0 bridgehead atoms. The van der Waals surface area contributed by atoms with Crippen molar-refractivity contribution in [3.05, 3.63) is 78.6 Å². The first-order chi connectivity index (χ1) is 16.6. The van der Waals surface area contributed by atoms with Crippen molar-refractivity contribution in [1.82, 2.24) is 14.7 Å². The van der Waals surface area contributed by atoms with Crippen LogP contribution in [0, 0.1) is 5.92 Å². The fourth-order valence-electron chi connectivity index (χ4n) is 3.53. The highest BCUT2D eigenvalue weighted by Gasteiger charge is 2.28. The van der Waals surface area contributed by atoms with Gasteiger partial charge in [0, 0.05) is 5.69 Å². The van der Waals surface area contributed by atoms with Crippen molar-refractivity contribution in [2.75, 3.05) is 5.32 Å². The van der Waals surface area contributed by atoms with Gasteiger partial charge in [-0.05, 0) is 53.4 Å². The van der Waals surface area contributed by atoms with Crippen LogP contribution in [-0.2, 0) is 14.8 Å². The SMILES string of the molecule is CC(C)[C@H](NS(=O)(=O)c1ccc(-c2ccc(NC(=O)c3nc4ccccc4[nH]3)cc2)cc1)C(=O)O. The summed E-state index contributed by atoms with van der Waals surface area (Å²) >= 11 is 0. The molecule has 10 heteroatoms. The molecule has 0 saturated carbocycles. The van der Waals surface area contributed by atoms with Crippen LogP contribution >= 0.6 is 0 Å². The number of fused-ring (bicyclic) bond motifs is 1. The first-order valence-corrected chi connectivity index (χ1v) is 12.3. The highest BCUT2D eigenvalue weighted by molar-refractivity contribution is 7.89. The molecule has 1 heterocycles. The van der Waals surface area contributed by atoms with Crippen LogP contribution in [0.3, 0.4) is 0 Å². The summed E-state index contributed by atoms with van der Waals surface area (Å²) in [7, 11) is -3.99. The van der Waals surface area contributed by atoms with Crippen LogP contribution in [0.15, 0.2) is 77.7 Å². The molecule has 1 atom stereocenters. The predicted octanol–water partition coefficient (Wildman–Crippen LogP) is 3.87. The number of aromatic nitrogens is 2. The summed E-state index contributed by atoms with van der Waals surface area (Å²) in [5, 5.41) is 12.1. The van der Waals surface area contributed by atoms with Crippen LogP contribution < -0.4 is 10.0 Å². The Morgan fingerprint density at radius 1 is 0.914 bits per heavy atom. The quantitative estimate of drug-likeness (QED) is 0.294. The van der Waals surface area contributed by atoms with Crippen molar-refractivity contribution < 1.29 is 23.1 Å². The number of nitrogens with one attached hydrogen (secondary N) is 3. The topological polar surface area (TPSA) is 141 Å². The van der Waals surface area contributed by atoms with Crippen LogP contribution in [0.5, 0.6) is 0 Å². The number of H-pyrrole nitrogens is 1. The summed E-state index contributed by atoms with van der Waals surface area (Å²) < 4.78 is 27.4. The summed E-state index contributed by atoms with van der Waals surface area (Å²) in [6, 6.07) is 19.4. The molecule has 0 aliphatic rings. The van der Waals surface area contributed by atoms with Crippen LogP contribution in [-0.4, -0.2) is 41.4 Å². The maximum atomic E-state index is 12.6. The average molecular weight is 493 g/mol. The third-order valence-corrected chi connectivity index (χ3v) is 6.92. The number of amides is 1. The predicted molar refractivity (Wildman–Crippen MR) is 133 cm³/mol. The van der Waals surface area contributed by atoms with Crippen molar-refractivity contribution in [3.8, 4) is 11.1 Å². The number of aromatic amines is 1. The average Bonchev–Trinajstić information content (AvgIpc) is 3.27. The van der Waals surface area contributed by atoms with Crippen LogP contribution in [0.2, 0.25) is 0 Å². The molecule has 0 fully saturated rings. The number of anilines is 1. The molecule has 180 valence electrons. The van der Waals surface area contributed by atoms with E-state index < -0.39 is 28.0 Å². The van der Waals surface area contributed by atoms with Gasteiger partial charge >= 0.3 is 5.97 Å². The molecular formula is C25H24N4O5S. The Bertz CT molecular complexity index is 1440. The van der Waals surface area contributed by atoms with Gasteiger partial charge in [0.25, 0.3) is 5.91 Å². The summed E-state index contributed by atoms with van der Waals surface area (Å²) in [5.74, 6) is -1.79. The summed E-state index contributed by atoms with van der Waals surface area (Å²) in [4.78, 5) is 31.1. The minimum atomic E-state index is -3.99. The number of hydrogen-bond donors (Lipinski definition) is 4. The van der Waals surface area contributed by atoms with E-state index in [1.807, 2.05) is 24.3 Å². The number of carbonyl (C=O) groups is 2. The zero-order chi connectivity index (χ0) is 25.2. The fourth-order valence-corrected chi connectivity index (χ4v) is 4.87. The lowest BCUT2D eigenvalue weighted by Crippen LogP contribution is -2.44. The summed E-state index contributed by atoms with van der Waals surface area (Å²) in [6.07, 6.45) is 0. The van der Waals surface area contributed by atoms with Crippen molar-refractivity contribution in [2.24, 2.45) is 5.92 Å². The highest BCUT2D eigenvalue weighted by atomic mass is 32.2. The van der Waals surface area contributed by atoms with Gasteiger partial charge in [-0.1, -0.05) is 50.2 Å². The summed E-state index contributed by atoms with van der Waals surface area (Å²) in [5.41, 5.74) is 3.63. The maximum absolute atomic E-state index is 12.6. The Kier molecular flexibility index (Phi) is 6.68. The van der Waals surface area contributed by atoms with E-state index in [0.29, 0.717) is 11.2 Å². The number of imidazole rings is 1. The lowest BCUT2D eigenvalue weighted by atomic mass is 10.1. The normalized spacial score (nSPS) is 12.5. The molecule has 4 N–H and O–H groups in total. The van der Waals surface area contributed by atoms with Gasteiger partial charge in [0.1, 0.15) is 6.04 Å². The lowest BCUT2D eigenvalue weighted by Gasteiger charge is -2.18. The van der Waals surface area contributed by atoms with Gasteiger partial charge in [-0.2, -0.15) is 4.72 Å². The van der Waals surface area contributed by atoms with Gasteiger partial charge in [0.05, 0.1) is 15.9 Å². The zero-order valence-corrected chi connectivity index (χ0v) is 19.8. The molecule has 0 aliphatic carbocycles. The number of carbonyl (C=O) groups excluding carboxylic acids is 1. The number of rotatable bonds is 8. The van der Waals surface area contributed by atoms with Crippen LogP contribution in [0.4, 0.5) is 5.69 Å². The maximum Gasteiger partial charge on any atom is 0.322 e. The summed E-state index contributed by atoms with van der Waals surface area (Å²) in [6.45, 7) is 3.26. The molecule has 4 aromatic rings. The Balaban J connectivity index is 1.45. The first kappa shape index (κ1) is 24.1. The van der Waals surface area contributed by atoms with E-state index in [9.17, 15) is 23.1 Å². The third-order valence-electron chi connectivity index (χ3n) is 5.46. The molecule has 1 amide bonds. The number of benzene rings is 3. The van der Waals surface area contributed by atoms with Gasteiger partial charge in [-0.25, -0.2) is 13.4 Å². The fraction of sp³-hybridized carbons (Fsp3) is 0.160. The minimum Gasteiger partial charge on any atom is -0.480 e. The monoisotopic (exact) mass is 492 g/mol. The molecule has 0 unspecified atom stereocenters. The molecular weight excluding hydrogens is 468 g/mol. The van der Waals surface area contributed by atoms with E-state index in [4.69, 9.17) is 0 Å². The Labute approximate surface area is 202 Å². The molecule has 35 heavy (non-hydrogen) atoms. The minimum absolute atomic E-state index is 0.0251. The molecule has 1 aromatic heterocycles. The Morgan fingerprint density at radius 3 is 2.09 bits per heavy atom. The molecule has 3 aromatic carbocycles. The third kappa shape index (κ3) is 5.39. The van der Waals surface area contributed by atoms with Gasteiger partial charge in [-0.15, -0.1) is 0 Å². The Morgan fingerprint density at radius 2 is 1.51 bits per heavy atom. The van der Waals surface area contributed by atoms with E-state index in [0.717, 1.165) is 16.6 Å². The van der Waals surface area contributed by atoms with Crippen molar-refractivity contribution in [3.63, 3.8) is 0 Å². The van der Waals surface area contributed by atoms with Crippen LogP contribution in [0.25, 0.3) is 22.2 Å². The molecule has 0 aliphatic heterocycles. The second kappa shape index (κ2) is 9.69. The van der Waals surface area contributed by atoms with E-state index in [1.54, 1.807) is 50.2 Å². The zero-order valence-electron chi connectivity index (χ0n) is 19.0. The number of aliphatic carboxylic acids is 1. The second-order valence-electron chi connectivity index (χ2n) is 8.34. The van der Waals surface area contributed by atoms with Gasteiger partial charge in [0.2, 0.25) is 10.0 Å². The van der Waals surface area contributed by atoms with Crippen molar-refractivity contribution >= 4 is 38.6 Å². The van der Waals surface area contributed by atoms with E-state index in [1.165, 1.54) is 12.1 Å². The molecule has 0 saturated heterocycles. The first-order valence-electron chi connectivity index (χ1n) is 10.9. The highest BCUT2D eigenvalue weighted by Crippen LogP contribution is 2.24. The van der Waals surface area contributed by atoms with Crippen molar-refractivity contribution in [1.29, 1.82) is 0 Å². The van der Waals surface area contributed by atoms with Gasteiger partial charge in [-0.3, -0.25) is 9.59 Å². The van der Waals surface area contributed by atoms with E-state index >= 15 is 0 Å². The number of para-hydroxylation sites is 2. The number of carboxylic acid groups (broad SMARTS) is 1. The molecule has 4 rings (SSSR count). The number of nitrogens with zero attached hydrogens (tertiary/aromatic N) is 1. The standard InChI is InChI=1S/C25H24N4O5S/c1-15(2)22(25(31)32)29-35(33,34)19-13-9-17(10-14-19)16-7-11-18(12-8-16)26-24(30)23-27-20-5-3-4-6-21(20)28-23/h3-15,22,29H,1-2H3,(H,26,30)(H,27,28)(H,31,32)/t22-/m0/s1. The van der Waals surface area contributed by atoms with Gasteiger partial charge in [0.15, 0.2) is 5.82 Å². The molecule has 9 nitrogen and oxygen atoms in total. The number of sulfonamides is 1. The second-order valence-corrected chi connectivity index (χ2v) is 10.1. The smallest absolute Gasteiger partial charge is 0.322 e. The Hall–Kier alpha value is -4.02. The largest absolute Gasteiger partial charge is 0.480 e. The van der Waals surface area contributed by atoms with Gasteiger partial charge < -0.3 is 15.4 Å². The van der Waals surface area contributed by atoms with Crippen molar-refractivity contribution in [2.45, 2.75) is 24.8 Å². The number of carboxylic acids is 1. The van der Waals surface area contributed by atoms with E-state index in [-0.39, 0.29) is 16.6 Å². The molecule has 0 radical (unpaired) electrons. The van der Waals surface area contributed by atoms with E-state index in [2.05, 4.69) is 20.0 Å². The molecule has 0 spiro atoms. The number of hydrogen-bond acceptors (Lipinski definition) is 5. The van der Waals surface area contributed by atoms with Crippen LogP contribution in [0.1, 0.15) is 24.5 Å².